The number of pyridine rings is 1. The van der Waals surface area contributed by atoms with Crippen molar-refractivity contribution >= 4 is 28.5 Å². The van der Waals surface area contributed by atoms with Gasteiger partial charge in [-0.2, -0.15) is 5.10 Å². The van der Waals surface area contributed by atoms with Crippen molar-refractivity contribution in [2.45, 2.75) is 6.92 Å². The van der Waals surface area contributed by atoms with Crippen LogP contribution in [-0.2, 0) is 0 Å². The number of nitro benzene ring substituents is 1. The van der Waals surface area contributed by atoms with Gasteiger partial charge in [-0.05, 0) is 31.2 Å². The highest BCUT2D eigenvalue weighted by molar-refractivity contribution is 5.93. The van der Waals surface area contributed by atoms with Crippen LogP contribution in [0.1, 0.15) is 11.3 Å². The molecule has 1 N–H and O–H groups in total. The number of ether oxygens (including phenoxy) is 1. The molecule has 0 fully saturated rings. The summed E-state index contributed by atoms with van der Waals surface area (Å²) in [7, 11) is 1.61. The fraction of sp³-hybridized carbons (Fsp3) is 0.111. The van der Waals surface area contributed by atoms with Crippen molar-refractivity contribution in [3.8, 4) is 5.75 Å². The largest absolute Gasteiger partial charge is 0.497 e. The summed E-state index contributed by atoms with van der Waals surface area (Å²) in [6.07, 6.45) is 1.54. The standard InChI is InChI=1S/C18H16N4O3/c1-12-8-18(16-10-15(25-2)6-7-17(16)20-12)21-19-11-13-4-3-5-14(9-13)22(23)24/h3-11H,1-2H3,(H,20,21)/b19-11+. The molecule has 0 radical (unpaired) electrons. The average Bonchev–Trinajstić information content (AvgIpc) is 2.61. The Morgan fingerprint density at radius 1 is 1.24 bits per heavy atom. The monoisotopic (exact) mass is 336 g/mol. The third-order valence-corrected chi connectivity index (χ3v) is 3.62. The van der Waals surface area contributed by atoms with Gasteiger partial charge in [0.2, 0.25) is 0 Å². The first kappa shape index (κ1) is 16.4. The summed E-state index contributed by atoms with van der Waals surface area (Å²) in [4.78, 5) is 14.9. The number of aryl methyl sites for hydroxylation is 1. The number of hydrogen-bond donors (Lipinski definition) is 1. The Morgan fingerprint density at radius 3 is 2.84 bits per heavy atom. The van der Waals surface area contributed by atoms with Crippen LogP contribution in [0, 0.1) is 17.0 Å². The molecule has 0 bridgehead atoms. The molecular weight excluding hydrogens is 320 g/mol. The number of aromatic nitrogens is 1. The number of rotatable bonds is 5. The molecule has 0 unspecified atom stereocenters. The predicted molar refractivity (Wildman–Crippen MR) is 97.3 cm³/mol. The topological polar surface area (TPSA) is 89.7 Å². The highest BCUT2D eigenvalue weighted by Crippen LogP contribution is 2.27. The second-order valence-corrected chi connectivity index (χ2v) is 5.42. The van der Waals surface area contributed by atoms with Gasteiger partial charge in [-0.15, -0.1) is 0 Å². The van der Waals surface area contributed by atoms with Crippen LogP contribution in [-0.4, -0.2) is 23.2 Å². The lowest BCUT2D eigenvalue weighted by atomic mass is 10.1. The molecule has 0 saturated heterocycles. The molecular formula is C18H16N4O3. The Balaban J connectivity index is 1.90. The zero-order valence-electron chi connectivity index (χ0n) is 13.8. The van der Waals surface area contributed by atoms with Gasteiger partial charge in [0.25, 0.3) is 5.69 Å². The number of methoxy groups -OCH3 is 1. The van der Waals surface area contributed by atoms with Gasteiger partial charge in [0.1, 0.15) is 5.75 Å². The van der Waals surface area contributed by atoms with E-state index in [9.17, 15) is 10.1 Å². The molecule has 0 amide bonds. The third kappa shape index (κ3) is 3.72. The fourth-order valence-corrected chi connectivity index (χ4v) is 2.45. The van der Waals surface area contributed by atoms with Crippen LogP contribution in [0.15, 0.2) is 53.6 Å². The fourth-order valence-electron chi connectivity index (χ4n) is 2.45. The molecule has 0 aliphatic carbocycles. The highest BCUT2D eigenvalue weighted by atomic mass is 16.6. The molecule has 7 heteroatoms. The van der Waals surface area contributed by atoms with Gasteiger partial charge in [-0.3, -0.25) is 20.5 Å². The number of benzene rings is 2. The molecule has 3 rings (SSSR count). The molecule has 0 spiro atoms. The van der Waals surface area contributed by atoms with Gasteiger partial charge >= 0.3 is 0 Å². The number of fused-ring (bicyclic) bond motifs is 1. The molecule has 7 nitrogen and oxygen atoms in total. The lowest BCUT2D eigenvalue weighted by Gasteiger charge is -2.08. The maximum atomic E-state index is 10.8. The minimum Gasteiger partial charge on any atom is -0.497 e. The summed E-state index contributed by atoms with van der Waals surface area (Å²) >= 11 is 0. The van der Waals surface area contributed by atoms with Gasteiger partial charge in [0.15, 0.2) is 0 Å². The van der Waals surface area contributed by atoms with Crippen molar-refractivity contribution in [1.82, 2.24) is 4.98 Å². The summed E-state index contributed by atoms with van der Waals surface area (Å²) in [6.45, 7) is 1.90. The van der Waals surface area contributed by atoms with Crippen LogP contribution in [0.25, 0.3) is 10.9 Å². The molecule has 0 atom stereocenters. The number of nitrogens with one attached hydrogen (secondary N) is 1. The predicted octanol–water partition coefficient (Wildman–Crippen LogP) is 3.91. The maximum Gasteiger partial charge on any atom is 0.270 e. The van der Waals surface area contributed by atoms with Crippen molar-refractivity contribution in [3.05, 3.63) is 69.9 Å². The van der Waals surface area contributed by atoms with E-state index in [1.807, 2.05) is 31.2 Å². The minimum atomic E-state index is -0.434. The van der Waals surface area contributed by atoms with E-state index in [1.165, 1.54) is 18.3 Å². The van der Waals surface area contributed by atoms with Crippen molar-refractivity contribution in [1.29, 1.82) is 0 Å². The zero-order valence-corrected chi connectivity index (χ0v) is 13.8. The summed E-state index contributed by atoms with van der Waals surface area (Å²) in [5.74, 6) is 0.726. The molecule has 1 heterocycles. The third-order valence-electron chi connectivity index (χ3n) is 3.62. The Labute approximate surface area is 144 Å². The highest BCUT2D eigenvalue weighted by Gasteiger charge is 2.06. The van der Waals surface area contributed by atoms with Gasteiger partial charge in [-0.1, -0.05) is 12.1 Å². The second kappa shape index (κ2) is 6.96. The molecule has 0 aliphatic heterocycles. The van der Waals surface area contributed by atoms with Gasteiger partial charge in [-0.25, -0.2) is 0 Å². The molecule has 1 aromatic heterocycles. The van der Waals surface area contributed by atoms with Crippen molar-refractivity contribution in [2.24, 2.45) is 5.10 Å². The van der Waals surface area contributed by atoms with E-state index in [0.717, 1.165) is 28.0 Å². The van der Waals surface area contributed by atoms with Crippen LogP contribution in [0.2, 0.25) is 0 Å². The Bertz CT molecular complexity index is 970. The maximum absolute atomic E-state index is 10.8. The van der Waals surface area contributed by atoms with E-state index in [4.69, 9.17) is 4.74 Å². The Hall–Kier alpha value is -3.48. The van der Waals surface area contributed by atoms with E-state index in [2.05, 4.69) is 15.5 Å². The van der Waals surface area contributed by atoms with E-state index in [-0.39, 0.29) is 5.69 Å². The lowest BCUT2D eigenvalue weighted by Crippen LogP contribution is -1.96. The van der Waals surface area contributed by atoms with Crippen molar-refractivity contribution in [2.75, 3.05) is 12.5 Å². The van der Waals surface area contributed by atoms with E-state index in [1.54, 1.807) is 19.2 Å². The van der Waals surface area contributed by atoms with Crippen LogP contribution < -0.4 is 10.2 Å². The number of anilines is 1. The molecule has 3 aromatic rings. The number of nitrogens with zero attached hydrogens (tertiary/aromatic N) is 3. The van der Waals surface area contributed by atoms with Crippen LogP contribution >= 0.6 is 0 Å². The molecule has 0 aliphatic rings. The second-order valence-electron chi connectivity index (χ2n) is 5.42. The number of hydrogen-bond acceptors (Lipinski definition) is 6. The number of non-ortho nitro benzene ring substituents is 1. The Kier molecular flexibility index (Phi) is 4.56. The smallest absolute Gasteiger partial charge is 0.270 e. The van der Waals surface area contributed by atoms with Crippen LogP contribution in [0.3, 0.4) is 0 Å². The normalized spacial score (nSPS) is 11.0. The summed E-state index contributed by atoms with van der Waals surface area (Å²) in [5.41, 5.74) is 6.10. The first-order valence-corrected chi connectivity index (χ1v) is 7.56. The van der Waals surface area contributed by atoms with Gasteiger partial charge in [0, 0.05) is 28.8 Å². The quantitative estimate of drug-likeness (QED) is 0.433. The summed E-state index contributed by atoms with van der Waals surface area (Å²) < 4.78 is 5.26. The summed E-state index contributed by atoms with van der Waals surface area (Å²) in [5, 5.41) is 15.9. The van der Waals surface area contributed by atoms with Gasteiger partial charge in [0.05, 0.1) is 29.5 Å². The van der Waals surface area contributed by atoms with E-state index >= 15 is 0 Å². The van der Waals surface area contributed by atoms with E-state index < -0.39 is 4.92 Å². The Morgan fingerprint density at radius 2 is 2.08 bits per heavy atom. The first-order valence-electron chi connectivity index (χ1n) is 7.56. The lowest BCUT2D eigenvalue weighted by molar-refractivity contribution is -0.384. The van der Waals surface area contributed by atoms with E-state index in [0.29, 0.717) is 5.56 Å². The van der Waals surface area contributed by atoms with Crippen LogP contribution in [0.5, 0.6) is 5.75 Å². The average molecular weight is 336 g/mol. The first-order chi connectivity index (χ1) is 12.1. The zero-order chi connectivity index (χ0) is 17.8. The van der Waals surface area contributed by atoms with Crippen molar-refractivity contribution in [3.63, 3.8) is 0 Å². The summed E-state index contributed by atoms with van der Waals surface area (Å²) in [6, 6.07) is 13.8. The van der Waals surface area contributed by atoms with Crippen molar-refractivity contribution < 1.29 is 9.66 Å². The molecule has 2 aromatic carbocycles. The number of nitro groups is 1. The SMILES string of the molecule is COc1ccc2nc(C)cc(N/N=C/c3cccc([N+](=O)[O-])c3)c2c1. The van der Waals surface area contributed by atoms with Crippen LogP contribution in [0.4, 0.5) is 11.4 Å². The van der Waals surface area contributed by atoms with Gasteiger partial charge < -0.3 is 4.74 Å². The molecule has 0 saturated carbocycles. The molecule has 25 heavy (non-hydrogen) atoms. The minimum absolute atomic E-state index is 0.0268. The molecule has 126 valence electrons. The number of hydrazone groups is 1.